The third-order valence-corrected chi connectivity index (χ3v) is 11.6. The Kier molecular flexibility index (Phi) is 7.52. The highest BCUT2D eigenvalue weighted by atomic mass is 16.6. The Bertz CT molecular complexity index is 1080. The average Bonchev–Trinajstić information content (AvgIpc) is 3.25. The monoisotopic (exact) mass is 521 g/mol. The molecule has 4 aliphatic carbocycles. The number of rotatable bonds is 7. The molecule has 38 heavy (non-hydrogen) atoms. The Morgan fingerprint density at radius 2 is 1.74 bits per heavy atom. The van der Waals surface area contributed by atoms with Gasteiger partial charge in [0.2, 0.25) is 5.70 Å². The molecule has 5 heteroatoms. The first kappa shape index (κ1) is 27.4. The standard InChI is InChI=1S/C33H47NO4/c1-21(2)11-12-22(3)26-13-14-27-25-20-30(34(36)37)29-19-24(38-31(35)23-9-7-6-8-10-23)15-17-33(29,5)28(25)16-18-32(26,27)4/h6-10,21-22,24-28H,11-20H2,1-5H3/t22-,24+,25+,26-,27+,28+,32-,33-/m1/s1. The number of esters is 1. The molecular weight excluding hydrogens is 474 g/mol. The molecule has 3 saturated carbocycles. The molecule has 0 saturated heterocycles. The van der Waals surface area contributed by atoms with E-state index in [-0.39, 0.29) is 22.4 Å². The number of hydrogen-bond acceptors (Lipinski definition) is 4. The first-order valence-electron chi connectivity index (χ1n) is 15.2. The lowest BCUT2D eigenvalue weighted by Crippen LogP contribution is -2.52. The van der Waals surface area contributed by atoms with E-state index in [9.17, 15) is 14.9 Å². The Morgan fingerprint density at radius 3 is 2.42 bits per heavy atom. The van der Waals surface area contributed by atoms with Crippen molar-refractivity contribution in [3.05, 3.63) is 57.3 Å². The number of carbonyl (C=O) groups is 1. The van der Waals surface area contributed by atoms with Gasteiger partial charge in [0.1, 0.15) is 6.10 Å². The fourth-order valence-electron chi connectivity index (χ4n) is 9.59. The quantitative estimate of drug-likeness (QED) is 0.205. The number of carbonyl (C=O) groups excluding carboxylic acids is 1. The molecule has 0 unspecified atom stereocenters. The van der Waals surface area contributed by atoms with Crippen LogP contribution in [0, 0.1) is 56.5 Å². The fourth-order valence-corrected chi connectivity index (χ4v) is 9.59. The van der Waals surface area contributed by atoms with Gasteiger partial charge in [0.25, 0.3) is 0 Å². The van der Waals surface area contributed by atoms with Crippen LogP contribution in [-0.4, -0.2) is 17.0 Å². The van der Waals surface area contributed by atoms with Gasteiger partial charge in [0, 0.05) is 18.4 Å². The molecule has 0 aliphatic heterocycles. The highest BCUT2D eigenvalue weighted by Crippen LogP contribution is 2.68. The minimum absolute atomic E-state index is 0.0885. The zero-order valence-corrected chi connectivity index (χ0v) is 24.1. The topological polar surface area (TPSA) is 69.4 Å². The smallest absolute Gasteiger partial charge is 0.338 e. The maximum atomic E-state index is 12.8. The molecule has 0 spiro atoms. The van der Waals surface area contributed by atoms with E-state index in [1.807, 2.05) is 18.2 Å². The second kappa shape index (κ2) is 10.4. The SMILES string of the molecule is CC(C)CC[C@@H](C)[C@H]1CC[C@H]2[C@@H]3CC([N+](=O)[O-])=C4C[C@@H](OC(=O)c5ccccc5)CC[C@]4(C)[C@H]3CC[C@]12C. The Morgan fingerprint density at radius 1 is 1.00 bits per heavy atom. The molecule has 208 valence electrons. The van der Waals surface area contributed by atoms with Crippen molar-refractivity contribution >= 4 is 5.97 Å². The Hall–Kier alpha value is -2.17. The number of ether oxygens (including phenoxy) is 1. The van der Waals surface area contributed by atoms with E-state index >= 15 is 0 Å². The van der Waals surface area contributed by atoms with Crippen LogP contribution in [0.1, 0.15) is 109 Å². The molecule has 0 bridgehead atoms. The van der Waals surface area contributed by atoms with E-state index < -0.39 is 0 Å². The van der Waals surface area contributed by atoms with E-state index in [4.69, 9.17) is 4.74 Å². The number of benzene rings is 1. The van der Waals surface area contributed by atoms with Crippen molar-refractivity contribution in [3.8, 4) is 0 Å². The predicted molar refractivity (Wildman–Crippen MR) is 150 cm³/mol. The summed E-state index contributed by atoms with van der Waals surface area (Å²) in [4.78, 5) is 25.2. The van der Waals surface area contributed by atoms with Crippen LogP contribution in [0.4, 0.5) is 0 Å². The van der Waals surface area contributed by atoms with Crippen LogP contribution in [0.3, 0.4) is 0 Å². The van der Waals surface area contributed by atoms with Crippen molar-refractivity contribution < 1.29 is 14.5 Å². The Balaban J connectivity index is 1.38. The van der Waals surface area contributed by atoms with Gasteiger partial charge in [-0.05, 0) is 97.0 Å². The minimum atomic E-state index is -0.326. The van der Waals surface area contributed by atoms with Gasteiger partial charge in [-0.1, -0.05) is 65.7 Å². The molecule has 1 aromatic rings. The Labute approximate surface area is 228 Å². The van der Waals surface area contributed by atoms with Crippen molar-refractivity contribution in [1.29, 1.82) is 0 Å². The summed E-state index contributed by atoms with van der Waals surface area (Å²) >= 11 is 0. The number of nitrogens with zero attached hydrogens (tertiary/aromatic N) is 1. The molecule has 1 aromatic carbocycles. The minimum Gasteiger partial charge on any atom is -0.458 e. The van der Waals surface area contributed by atoms with Crippen LogP contribution >= 0.6 is 0 Å². The van der Waals surface area contributed by atoms with Crippen LogP contribution in [-0.2, 0) is 4.74 Å². The van der Waals surface area contributed by atoms with Gasteiger partial charge in [0.15, 0.2) is 0 Å². The molecular formula is C33H47NO4. The number of allylic oxidation sites excluding steroid dienone is 1. The van der Waals surface area contributed by atoms with Crippen molar-refractivity contribution in [1.82, 2.24) is 0 Å². The van der Waals surface area contributed by atoms with E-state index in [1.165, 1.54) is 38.5 Å². The molecule has 0 aromatic heterocycles. The number of fused-ring (bicyclic) bond motifs is 5. The van der Waals surface area contributed by atoms with Gasteiger partial charge in [-0.3, -0.25) is 10.1 Å². The molecule has 0 radical (unpaired) electrons. The zero-order valence-electron chi connectivity index (χ0n) is 24.1. The molecule has 5 nitrogen and oxygen atoms in total. The highest BCUT2D eigenvalue weighted by molar-refractivity contribution is 5.89. The van der Waals surface area contributed by atoms with Gasteiger partial charge in [0.05, 0.1) is 10.5 Å². The summed E-state index contributed by atoms with van der Waals surface area (Å²) in [6, 6.07) is 9.07. The first-order chi connectivity index (χ1) is 18.0. The lowest BCUT2D eigenvalue weighted by molar-refractivity contribution is -0.434. The van der Waals surface area contributed by atoms with Crippen molar-refractivity contribution in [3.63, 3.8) is 0 Å². The number of nitro groups is 1. The molecule has 8 atom stereocenters. The van der Waals surface area contributed by atoms with E-state index in [1.54, 1.807) is 12.1 Å². The van der Waals surface area contributed by atoms with Crippen LogP contribution < -0.4 is 0 Å². The third-order valence-electron chi connectivity index (χ3n) is 11.6. The fraction of sp³-hybridized carbons (Fsp3) is 0.727. The van der Waals surface area contributed by atoms with Gasteiger partial charge in [-0.25, -0.2) is 4.79 Å². The largest absolute Gasteiger partial charge is 0.458 e. The van der Waals surface area contributed by atoms with E-state index in [0.29, 0.717) is 47.3 Å². The zero-order chi connectivity index (χ0) is 27.2. The second-order valence-electron chi connectivity index (χ2n) is 14.0. The van der Waals surface area contributed by atoms with E-state index in [2.05, 4.69) is 34.6 Å². The summed E-state index contributed by atoms with van der Waals surface area (Å²) in [5.41, 5.74) is 2.09. The predicted octanol–water partition coefficient (Wildman–Crippen LogP) is 8.47. The van der Waals surface area contributed by atoms with Crippen LogP contribution in [0.25, 0.3) is 0 Å². The molecule has 0 heterocycles. The highest BCUT2D eigenvalue weighted by Gasteiger charge is 2.62. The molecule has 5 rings (SSSR count). The van der Waals surface area contributed by atoms with Crippen LogP contribution in [0.5, 0.6) is 0 Å². The van der Waals surface area contributed by atoms with Crippen molar-refractivity contribution in [2.75, 3.05) is 0 Å². The van der Waals surface area contributed by atoms with Gasteiger partial charge >= 0.3 is 5.97 Å². The third kappa shape index (κ3) is 4.73. The maximum Gasteiger partial charge on any atom is 0.338 e. The molecule has 3 fully saturated rings. The summed E-state index contributed by atoms with van der Waals surface area (Å²) in [5.74, 6) is 3.34. The number of hydrogen-bond donors (Lipinski definition) is 0. The van der Waals surface area contributed by atoms with Crippen LogP contribution in [0.2, 0.25) is 0 Å². The molecule has 0 N–H and O–H groups in total. The van der Waals surface area contributed by atoms with Gasteiger partial charge in [-0.2, -0.15) is 0 Å². The summed E-state index contributed by atoms with van der Waals surface area (Å²) < 4.78 is 5.91. The normalized spacial score (nSPS) is 37.3. The van der Waals surface area contributed by atoms with Crippen molar-refractivity contribution in [2.45, 2.75) is 105 Å². The van der Waals surface area contributed by atoms with Crippen LogP contribution in [0.15, 0.2) is 41.6 Å². The summed E-state index contributed by atoms with van der Waals surface area (Å²) in [5, 5.41) is 12.5. The lowest BCUT2D eigenvalue weighted by Gasteiger charge is -2.58. The van der Waals surface area contributed by atoms with Gasteiger partial charge in [-0.15, -0.1) is 0 Å². The summed E-state index contributed by atoms with van der Waals surface area (Å²) in [6.07, 6.45) is 9.96. The second-order valence-corrected chi connectivity index (χ2v) is 14.0. The van der Waals surface area contributed by atoms with Crippen molar-refractivity contribution in [2.24, 2.45) is 46.3 Å². The maximum absolute atomic E-state index is 12.8. The summed E-state index contributed by atoms with van der Waals surface area (Å²) in [7, 11) is 0. The average molecular weight is 522 g/mol. The lowest BCUT2D eigenvalue weighted by atomic mass is 9.46. The van der Waals surface area contributed by atoms with Gasteiger partial charge < -0.3 is 4.74 Å². The van der Waals surface area contributed by atoms with E-state index in [0.717, 1.165) is 36.2 Å². The molecule has 4 aliphatic rings. The summed E-state index contributed by atoms with van der Waals surface area (Å²) in [6.45, 7) is 11.9. The first-order valence-corrected chi connectivity index (χ1v) is 15.2. The molecule has 0 amide bonds.